The van der Waals surface area contributed by atoms with Gasteiger partial charge in [-0.1, -0.05) is 6.08 Å². The van der Waals surface area contributed by atoms with Crippen molar-refractivity contribution in [3.63, 3.8) is 0 Å². The molecule has 3 nitrogen and oxygen atoms in total. The van der Waals surface area contributed by atoms with Crippen LogP contribution in [0.4, 0.5) is 4.39 Å². The third kappa shape index (κ3) is 1.16. The van der Waals surface area contributed by atoms with Crippen molar-refractivity contribution in [2.45, 2.75) is 18.6 Å². The lowest BCUT2D eigenvalue weighted by Crippen LogP contribution is -2.24. The third-order valence-corrected chi connectivity index (χ3v) is 1.50. The summed E-state index contributed by atoms with van der Waals surface area (Å²) in [6.07, 6.45) is -0.0187. The topological polar surface area (TPSA) is 63.3 Å². The Morgan fingerprint density at radius 2 is 2.50 bits per heavy atom. The lowest BCUT2D eigenvalue weighted by Gasteiger charge is -2.01. The quantitative estimate of drug-likeness (QED) is 0.548. The van der Waals surface area contributed by atoms with E-state index in [0.29, 0.717) is 0 Å². The second-order valence-electron chi connectivity index (χ2n) is 2.29. The van der Waals surface area contributed by atoms with Gasteiger partial charge < -0.3 is 10.8 Å². The predicted octanol–water partition coefficient (Wildman–Crippen LogP) is 0.0665. The fraction of sp³-hybridized carbons (Fsp3) is 0.500. The van der Waals surface area contributed by atoms with Gasteiger partial charge in [-0.3, -0.25) is 0 Å². The normalized spacial score (nSPS) is 32.0. The van der Waals surface area contributed by atoms with Crippen LogP contribution in [-0.4, -0.2) is 23.3 Å². The molecule has 2 atom stereocenters. The van der Waals surface area contributed by atoms with Crippen LogP contribution in [0.5, 0.6) is 0 Å². The summed E-state index contributed by atoms with van der Waals surface area (Å²) in [5.74, 6) is -1.07. The summed E-state index contributed by atoms with van der Waals surface area (Å²) in [4.78, 5) is 10.2. The van der Waals surface area contributed by atoms with Gasteiger partial charge in [-0.15, -0.1) is 0 Å². The van der Waals surface area contributed by atoms with E-state index in [1.807, 2.05) is 0 Å². The second kappa shape index (κ2) is 2.38. The minimum atomic E-state index is -1.22. The maximum Gasteiger partial charge on any atom is 0.331 e. The maximum absolute atomic E-state index is 12.5. The number of rotatable bonds is 1. The molecule has 1 aliphatic rings. The van der Waals surface area contributed by atoms with Crippen molar-refractivity contribution < 1.29 is 14.3 Å². The van der Waals surface area contributed by atoms with Gasteiger partial charge in [-0.2, -0.15) is 0 Å². The van der Waals surface area contributed by atoms with Crippen LogP contribution in [0.15, 0.2) is 11.6 Å². The lowest BCUT2D eigenvalue weighted by atomic mass is 10.2. The van der Waals surface area contributed by atoms with Crippen molar-refractivity contribution >= 4 is 5.97 Å². The molecule has 0 unspecified atom stereocenters. The summed E-state index contributed by atoms with van der Waals surface area (Å²) in [5, 5.41) is 8.36. The average Bonchev–Trinajstić information content (AvgIpc) is 2.13. The average molecular weight is 145 g/mol. The molecular formula is C6H8FNO2. The lowest BCUT2D eigenvalue weighted by molar-refractivity contribution is -0.132. The van der Waals surface area contributed by atoms with Crippen LogP contribution < -0.4 is 5.73 Å². The molecule has 0 aromatic heterocycles. The highest BCUT2D eigenvalue weighted by Gasteiger charge is 2.27. The molecule has 10 heavy (non-hydrogen) atoms. The van der Waals surface area contributed by atoms with E-state index in [1.54, 1.807) is 0 Å². The Hall–Kier alpha value is -0.900. The molecule has 0 spiro atoms. The van der Waals surface area contributed by atoms with Crippen molar-refractivity contribution in [2.24, 2.45) is 5.73 Å². The molecule has 1 rings (SSSR count). The van der Waals surface area contributed by atoms with Gasteiger partial charge in [0.25, 0.3) is 0 Å². The van der Waals surface area contributed by atoms with Crippen molar-refractivity contribution in [1.29, 1.82) is 0 Å². The summed E-state index contributed by atoms with van der Waals surface area (Å²) in [6.45, 7) is 0. The Bertz CT molecular complexity index is 190. The van der Waals surface area contributed by atoms with Crippen LogP contribution in [0.2, 0.25) is 0 Å². The molecule has 0 aromatic rings. The second-order valence-corrected chi connectivity index (χ2v) is 2.29. The Kier molecular flexibility index (Phi) is 1.72. The van der Waals surface area contributed by atoms with E-state index in [9.17, 15) is 9.18 Å². The largest absolute Gasteiger partial charge is 0.478 e. The third-order valence-electron chi connectivity index (χ3n) is 1.50. The summed E-state index contributed by atoms with van der Waals surface area (Å²) in [5.41, 5.74) is 5.28. The number of hydrogen-bond acceptors (Lipinski definition) is 2. The first-order chi connectivity index (χ1) is 4.61. The highest BCUT2D eigenvalue weighted by Crippen LogP contribution is 2.20. The van der Waals surface area contributed by atoms with Crippen LogP contribution in [0, 0.1) is 0 Å². The number of alkyl halides is 1. The summed E-state index contributed by atoms with van der Waals surface area (Å²) in [7, 11) is 0. The molecule has 0 saturated carbocycles. The van der Waals surface area contributed by atoms with Gasteiger partial charge in [-0.05, 0) is 0 Å². The van der Waals surface area contributed by atoms with Gasteiger partial charge in [-0.25, -0.2) is 9.18 Å². The highest BCUT2D eigenvalue weighted by atomic mass is 19.1. The molecule has 0 aliphatic heterocycles. The van der Waals surface area contributed by atoms with Crippen LogP contribution in [0.3, 0.4) is 0 Å². The van der Waals surface area contributed by atoms with Gasteiger partial charge in [0.2, 0.25) is 0 Å². The molecule has 0 saturated heterocycles. The summed E-state index contributed by atoms with van der Waals surface area (Å²) >= 11 is 0. The van der Waals surface area contributed by atoms with E-state index in [-0.39, 0.29) is 12.0 Å². The molecule has 0 radical (unpaired) electrons. The number of nitrogens with two attached hydrogens (primary N) is 1. The number of carboxylic acids is 1. The van der Waals surface area contributed by atoms with Crippen LogP contribution in [0.25, 0.3) is 0 Å². The number of carboxylic acid groups (broad SMARTS) is 1. The van der Waals surface area contributed by atoms with E-state index in [0.717, 1.165) is 0 Å². The number of hydrogen-bond donors (Lipinski definition) is 2. The Morgan fingerprint density at radius 3 is 2.70 bits per heavy atom. The Morgan fingerprint density at radius 1 is 1.90 bits per heavy atom. The van der Waals surface area contributed by atoms with E-state index in [2.05, 4.69) is 0 Å². The van der Waals surface area contributed by atoms with Gasteiger partial charge in [0.05, 0.1) is 6.04 Å². The fourth-order valence-electron chi connectivity index (χ4n) is 0.910. The van der Waals surface area contributed by atoms with Crippen molar-refractivity contribution in [1.82, 2.24) is 0 Å². The van der Waals surface area contributed by atoms with Crippen LogP contribution in [0.1, 0.15) is 6.42 Å². The van der Waals surface area contributed by atoms with Gasteiger partial charge in [0.1, 0.15) is 6.17 Å². The van der Waals surface area contributed by atoms with Crippen molar-refractivity contribution in [3.05, 3.63) is 11.6 Å². The first-order valence-electron chi connectivity index (χ1n) is 2.95. The molecular weight excluding hydrogens is 137 g/mol. The van der Waals surface area contributed by atoms with Gasteiger partial charge in [0.15, 0.2) is 0 Å². The molecule has 4 heteroatoms. The Labute approximate surface area is 57.3 Å². The zero-order chi connectivity index (χ0) is 7.72. The molecule has 0 bridgehead atoms. The number of carbonyl (C=O) groups is 1. The predicted molar refractivity (Wildman–Crippen MR) is 33.2 cm³/mol. The highest BCUT2D eigenvalue weighted by molar-refractivity contribution is 5.87. The van der Waals surface area contributed by atoms with Crippen molar-refractivity contribution in [2.75, 3.05) is 0 Å². The van der Waals surface area contributed by atoms with Crippen LogP contribution >= 0.6 is 0 Å². The van der Waals surface area contributed by atoms with Crippen molar-refractivity contribution in [3.8, 4) is 0 Å². The molecule has 0 amide bonds. The van der Waals surface area contributed by atoms with E-state index < -0.39 is 18.2 Å². The first-order valence-corrected chi connectivity index (χ1v) is 2.95. The molecule has 0 aromatic carbocycles. The standard InChI is InChI=1S/C6H8FNO2/c7-4-1-3(6(9)10)2-5(4)8/h2,4-5H,1,8H2,(H,9,10)/t4-,5-/m0/s1. The van der Waals surface area contributed by atoms with E-state index in [4.69, 9.17) is 10.8 Å². The SMILES string of the molecule is N[C@H]1C=C(C(=O)O)C[C@@H]1F. The first kappa shape index (κ1) is 7.21. The minimum Gasteiger partial charge on any atom is -0.478 e. The molecule has 56 valence electrons. The zero-order valence-corrected chi connectivity index (χ0v) is 5.25. The molecule has 1 aliphatic carbocycles. The zero-order valence-electron chi connectivity index (χ0n) is 5.25. The monoisotopic (exact) mass is 145 g/mol. The minimum absolute atomic E-state index is 0.0590. The van der Waals surface area contributed by atoms with E-state index >= 15 is 0 Å². The smallest absolute Gasteiger partial charge is 0.331 e. The number of halogens is 1. The summed E-state index contributed by atoms with van der Waals surface area (Å²) in [6, 6.07) is -0.730. The van der Waals surface area contributed by atoms with E-state index in [1.165, 1.54) is 6.08 Å². The van der Waals surface area contributed by atoms with Gasteiger partial charge in [0, 0.05) is 12.0 Å². The molecule has 3 N–H and O–H groups in total. The fourth-order valence-corrected chi connectivity index (χ4v) is 0.910. The molecule has 0 heterocycles. The van der Waals surface area contributed by atoms with Crippen LogP contribution in [-0.2, 0) is 4.79 Å². The number of aliphatic carboxylic acids is 1. The maximum atomic E-state index is 12.5. The summed E-state index contributed by atoms with van der Waals surface area (Å²) < 4.78 is 12.5. The Balaban J connectivity index is 2.67. The molecule has 0 fully saturated rings. The van der Waals surface area contributed by atoms with Gasteiger partial charge >= 0.3 is 5.97 Å².